The van der Waals surface area contributed by atoms with Gasteiger partial charge in [0.2, 0.25) is 9.84 Å². The third kappa shape index (κ3) is 3.21. The summed E-state index contributed by atoms with van der Waals surface area (Å²) in [6.45, 7) is 1.15. The zero-order valence-corrected chi connectivity index (χ0v) is 14.6. The number of aliphatic hydroxyl groups is 1. The fourth-order valence-corrected chi connectivity index (χ4v) is 3.98. The Balaban J connectivity index is 2.15. The number of halogens is 3. The van der Waals surface area contributed by atoms with Crippen molar-refractivity contribution in [2.75, 3.05) is 6.01 Å². The zero-order valence-electron chi connectivity index (χ0n) is 13.0. The summed E-state index contributed by atoms with van der Waals surface area (Å²) in [5.74, 6) is 0.412. The molecule has 0 amide bonds. The van der Waals surface area contributed by atoms with Crippen LogP contribution in [0.1, 0.15) is 24.2 Å². The number of hydrogen-bond acceptors (Lipinski definition) is 5. The molecular weight excluding hydrogens is 376 g/mol. The Bertz CT molecular complexity index is 934. The average molecular weight is 390 g/mol. The molecule has 2 aromatic rings. The van der Waals surface area contributed by atoms with Gasteiger partial charge in [-0.05, 0) is 19.1 Å². The number of benzene rings is 1. The summed E-state index contributed by atoms with van der Waals surface area (Å²) in [5, 5.41) is 10.6. The van der Waals surface area contributed by atoms with Gasteiger partial charge in [-0.1, -0.05) is 11.6 Å². The molecule has 5 nitrogen and oxygen atoms in total. The van der Waals surface area contributed by atoms with E-state index in [1.165, 1.54) is 24.5 Å². The summed E-state index contributed by atoms with van der Waals surface area (Å²) in [4.78, 5) is 3.43. The van der Waals surface area contributed by atoms with Gasteiger partial charge in [0, 0.05) is 29.8 Å². The van der Waals surface area contributed by atoms with Gasteiger partial charge in [0.05, 0.1) is 16.1 Å². The van der Waals surface area contributed by atoms with Gasteiger partial charge >= 0.3 is 0 Å². The molecule has 0 fully saturated rings. The van der Waals surface area contributed by atoms with Crippen molar-refractivity contribution in [3.63, 3.8) is 0 Å². The van der Waals surface area contributed by atoms with E-state index in [9.17, 15) is 22.3 Å². The molecular formula is C16H14ClF2NO4S. The molecule has 9 heteroatoms. The second kappa shape index (κ2) is 6.19. The molecule has 2 unspecified atom stereocenters. The number of rotatable bonds is 4. The van der Waals surface area contributed by atoms with Crippen LogP contribution >= 0.6 is 11.6 Å². The standard InChI is InChI=1S/C16H14ClF2NO4S/c1-16(19)5-11-12(24-10-4-9(17)6-20-7-10)2-3-13(14(11)15(16)21)25(22,23)8-18/h2-4,6-7,15,21H,5,8H2,1H3. The van der Waals surface area contributed by atoms with Crippen LogP contribution in [0.3, 0.4) is 0 Å². The maximum Gasteiger partial charge on any atom is 0.207 e. The minimum atomic E-state index is -4.29. The van der Waals surface area contributed by atoms with Crippen molar-refractivity contribution >= 4 is 21.4 Å². The topological polar surface area (TPSA) is 76.5 Å². The lowest BCUT2D eigenvalue weighted by Crippen LogP contribution is -2.24. The molecule has 2 atom stereocenters. The molecule has 3 rings (SSSR count). The van der Waals surface area contributed by atoms with E-state index in [1.807, 2.05) is 0 Å². The first-order chi connectivity index (χ1) is 11.7. The second-order valence-electron chi connectivity index (χ2n) is 5.98. The Morgan fingerprint density at radius 3 is 2.80 bits per heavy atom. The highest BCUT2D eigenvalue weighted by Gasteiger charge is 2.46. The van der Waals surface area contributed by atoms with E-state index in [0.29, 0.717) is 5.02 Å². The number of nitrogens with zero attached hydrogens (tertiary/aromatic N) is 1. The first-order valence-electron chi connectivity index (χ1n) is 7.25. The number of alkyl halides is 2. The van der Waals surface area contributed by atoms with E-state index in [-0.39, 0.29) is 29.0 Å². The Kier molecular flexibility index (Phi) is 4.47. The highest BCUT2D eigenvalue weighted by molar-refractivity contribution is 7.91. The van der Waals surface area contributed by atoms with Crippen molar-refractivity contribution < 1.29 is 27.0 Å². The molecule has 1 aliphatic carbocycles. The smallest absolute Gasteiger partial charge is 0.207 e. The van der Waals surface area contributed by atoms with Crippen molar-refractivity contribution in [1.29, 1.82) is 0 Å². The fraction of sp³-hybridized carbons (Fsp3) is 0.312. The molecule has 1 aromatic carbocycles. The van der Waals surface area contributed by atoms with E-state index >= 15 is 0 Å². The van der Waals surface area contributed by atoms with Gasteiger partial charge in [0.1, 0.15) is 23.3 Å². The van der Waals surface area contributed by atoms with E-state index < -0.39 is 32.5 Å². The molecule has 0 saturated heterocycles. The van der Waals surface area contributed by atoms with Crippen LogP contribution in [0.4, 0.5) is 8.78 Å². The molecule has 0 saturated carbocycles. The van der Waals surface area contributed by atoms with Gasteiger partial charge in [-0.25, -0.2) is 17.2 Å². The van der Waals surface area contributed by atoms with Crippen molar-refractivity contribution in [3.05, 3.63) is 46.7 Å². The SMILES string of the molecule is CC1(F)Cc2c(Oc3cncc(Cl)c3)ccc(S(=O)(=O)CF)c2C1O. The minimum Gasteiger partial charge on any atom is -0.455 e. The lowest BCUT2D eigenvalue weighted by molar-refractivity contribution is 0.0166. The quantitative estimate of drug-likeness (QED) is 0.865. The van der Waals surface area contributed by atoms with Crippen LogP contribution in [-0.4, -0.2) is 30.2 Å². The summed E-state index contributed by atoms with van der Waals surface area (Å²) in [7, 11) is -4.29. The largest absolute Gasteiger partial charge is 0.455 e. The normalized spacial score (nSPS) is 22.7. The van der Waals surface area contributed by atoms with Gasteiger partial charge in [-0.2, -0.15) is 0 Å². The summed E-state index contributed by atoms with van der Waals surface area (Å²) < 4.78 is 57.1. The summed E-state index contributed by atoms with van der Waals surface area (Å²) in [6.07, 6.45) is 0.797. The van der Waals surface area contributed by atoms with Crippen molar-refractivity contribution in [2.45, 2.75) is 30.0 Å². The number of pyridine rings is 1. The van der Waals surface area contributed by atoms with Crippen LogP contribution in [0.2, 0.25) is 5.02 Å². The number of fused-ring (bicyclic) bond motifs is 1. The molecule has 1 aromatic heterocycles. The Labute approximate surface area is 148 Å². The maximum absolute atomic E-state index is 14.6. The minimum absolute atomic E-state index is 0.150. The van der Waals surface area contributed by atoms with E-state index in [2.05, 4.69) is 4.98 Å². The van der Waals surface area contributed by atoms with Crippen LogP contribution in [0.5, 0.6) is 11.5 Å². The Hall–Kier alpha value is -1.77. The van der Waals surface area contributed by atoms with Crippen LogP contribution < -0.4 is 4.74 Å². The predicted octanol–water partition coefficient (Wildman–Crippen LogP) is 3.55. The highest BCUT2D eigenvalue weighted by Crippen LogP contribution is 2.48. The van der Waals surface area contributed by atoms with Crippen LogP contribution in [-0.2, 0) is 16.3 Å². The number of aromatic nitrogens is 1. The second-order valence-corrected chi connectivity index (χ2v) is 8.30. The summed E-state index contributed by atoms with van der Waals surface area (Å²) in [6, 6.07) is 2.24. The van der Waals surface area contributed by atoms with Gasteiger partial charge in [0.15, 0.2) is 6.01 Å². The first kappa shape index (κ1) is 18.0. The highest BCUT2D eigenvalue weighted by atomic mass is 35.5. The molecule has 1 heterocycles. The van der Waals surface area contributed by atoms with Gasteiger partial charge in [-0.3, -0.25) is 4.98 Å². The van der Waals surface area contributed by atoms with Gasteiger partial charge in [0.25, 0.3) is 0 Å². The number of hydrogen-bond donors (Lipinski definition) is 1. The van der Waals surface area contributed by atoms with E-state index in [4.69, 9.17) is 16.3 Å². The molecule has 0 aliphatic heterocycles. The van der Waals surface area contributed by atoms with Crippen LogP contribution in [0.25, 0.3) is 0 Å². The van der Waals surface area contributed by atoms with Gasteiger partial charge in [-0.15, -0.1) is 0 Å². The molecule has 0 radical (unpaired) electrons. The van der Waals surface area contributed by atoms with Crippen molar-refractivity contribution in [3.8, 4) is 11.5 Å². The maximum atomic E-state index is 14.6. The van der Waals surface area contributed by atoms with E-state index in [1.54, 1.807) is 0 Å². The third-order valence-corrected chi connectivity index (χ3v) is 5.55. The van der Waals surface area contributed by atoms with Crippen molar-refractivity contribution in [1.82, 2.24) is 4.98 Å². The lowest BCUT2D eigenvalue weighted by Gasteiger charge is -2.18. The predicted molar refractivity (Wildman–Crippen MR) is 87.1 cm³/mol. The van der Waals surface area contributed by atoms with Crippen LogP contribution in [0.15, 0.2) is 35.5 Å². The Morgan fingerprint density at radius 1 is 1.44 bits per heavy atom. The zero-order chi connectivity index (χ0) is 18.4. The number of aliphatic hydroxyl groups excluding tert-OH is 1. The molecule has 0 bridgehead atoms. The van der Waals surface area contributed by atoms with Crippen LogP contribution in [0, 0.1) is 0 Å². The molecule has 134 valence electrons. The average Bonchev–Trinajstić information content (AvgIpc) is 2.78. The number of sulfone groups is 1. The van der Waals surface area contributed by atoms with Crippen molar-refractivity contribution in [2.24, 2.45) is 0 Å². The first-order valence-corrected chi connectivity index (χ1v) is 9.28. The molecule has 25 heavy (non-hydrogen) atoms. The Morgan fingerprint density at radius 2 is 2.16 bits per heavy atom. The number of ether oxygens (including phenoxy) is 1. The molecule has 1 aliphatic rings. The monoisotopic (exact) mass is 389 g/mol. The lowest BCUT2D eigenvalue weighted by atomic mass is 10.0. The summed E-state index contributed by atoms with van der Waals surface area (Å²) in [5.41, 5.74) is -2.10. The molecule has 1 N–H and O–H groups in total. The fourth-order valence-electron chi connectivity index (χ4n) is 2.85. The summed E-state index contributed by atoms with van der Waals surface area (Å²) >= 11 is 5.84. The van der Waals surface area contributed by atoms with E-state index in [0.717, 1.165) is 13.0 Å². The van der Waals surface area contributed by atoms with Gasteiger partial charge < -0.3 is 9.84 Å². The molecule has 0 spiro atoms. The third-order valence-electron chi connectivity index (χ3n) is 4.03.